The Morgan fingerprint density at radius 2 is 2.15 bits per heavy atom. The van der Waals surface area contributed by atoms with Gasteiger partial charge in [-0.05, 0) is 53.1 Å². The molecule has 0 fully saturated rings. The summed E-state index contributed by atoms with van der Waals surface area (Å²) in [5.41, 5.74) is 9.55. The van der Waals surface area contributed by atoms with Crippen molar-refractivity contribution in [3.63, 3.8) is 0 Å². The maximum atomic E-state index is 12.9. The van der Waals surface area contributed by atoms with Crippen LogP contribution in [0.25, 0.3) is 17.1 Å². The average molecular weight is 464 g/mol. The molecule has 4 aromatic rings. The number of hydrogen-bond acceptors (Lipinski definition) is 11. The molecule has 0 saturated carbocycles. The number of hydrogen-bond donors (Lipinski definition) is 3. The van der Waals surface area contributed by atoms with Crippen molar-refractivity contribution >= 4 is 17.9 Å². The molecule has 0 spiro atoms. The lowest BCUT2D eigenvalue weighted by molar-refractivity contribution is 0.0950. The fourth-order valence-electron chi connectivity index (χ4n) is 3.09. The number of anilines is 1. The fraction of sp³-hybridized carbons (Fsp3) is 0.143. The quantitative estimate of drug-likeness (QED) is 0.257. The number of rotatable bonds is 8. The zero-order chi connectivity index (χ0) is 24.1. The normalized spacial score (nSPS) is 11.0. The van der Waals surface area contributed by atoms with Gasteiger partial charge in [-0.1, -0.05) is 17.3 Å². The molecule has 0 saturated heterocycles. The molecule has 13 heteroatoms. The molecule has 0 bridgehead atoms. The van der Waals surface area contributed by atoms with Crippen molar-refractivity contribution in [2.45, 2.75) is 6.92 Å². The third kappa shape index (κ3) is 4.48. The van der Waals surface area contributed by atoms with E-state index in [-0.39, 0.29) is 28.8 Å². The van der Waals surface area contributed by atoms with Gasteiger partial charge in [-0.2, -0.15) is 9.78 Å². The van der Waals surface area contributed by atoms with E-state index in [1.807, 2.05) is 6.92 Å². The van der Waals surface area contributed by atoms with Gasteiger partial charge < -0.3 is 20.3 Å². The van der Waals surface area contributed by atoms with Gasteiger partial charge >= 0.3 is 0 Å². The molecule has 0 aliphatic rings. The molecule has 2 aromatic carbocycles. The Morgan fingerprint density at radius 3 is 2.85 bits per heavy atom. The molecule has 13 nitrogen and oxygen atoms in total. The summed E-state index contributed by atoms with van der Waals surface area (Å²) in [5.74, 6) is 0.237. The van der Waals surface area contributed by atoms with E-state index in [1.54, 1.807) is 36.4 Å². The second-order valence-corrected chi connectivity index (χ2v) is 6.76. The van der Waals surface area contributed by atoms with Crippen LogP contribution in [0.4, 0.5) is 5.82 Å². The summed E-state index contributed by atoms with van der Waals surface area (Å²) in [6.07, 6.45) is 1.36. The van der Waals surface area contributed by atoms with Crippen LogP contribution in [0.1, 0.15) is 23.0 Å². The second-order valence-electron chi connectivity index (χ2n) is 6.76. The maximum Gasteiger partial charge on any atom is 0.294 e. The molecule has 1 amide bonds. The molecule has 0 radical (unpaired) electrons. The predicted octanol–water partition coefficient (Wildman–Crippen LogP) is 1.78. The van der Waals surface area contributed by atoms with Gasteiger partial charge in [-0.25, -0.2) is 10.1 Å². The highest BCUT2D eigenvalue weighted by Gasteiger charge is 2.25. The number of hydrazone groups is 1. The lowest BCUT2D eigenvalue weighted by Gasteiger charge is -2.08. The summed E-state index contributed by atoms with van der Waals surface area (Å²) < 4.78 is 16.5. The lowest BCUT2D eigenvalue weighted by Crippen LogP contribution is -2.19. The van der Waals surface area contributed by atoms with Crippen molar-refractivity contribution in [3.8, 4) is 34.3 Å². The van der Waals surface area contributed by atoms with E-state index in [0.717, 1.165) is 0 Å². The first kappa shape index (κ1) is 22.3. The van der Waals surface area contributed by atoms with Crippen LogP contribution in [0.5, 0.6) is 17.2 Å². The van der Waals surface area contributed by atoms with Crippen molar-refractivity contribution in [3.05, 3.63) is 53.7 Å². The number of methoxy groups -OCH3 is 1. The van der Waals surface area contributed by atoms with E-state index in [0.29, 0.717) is 29.2 Å². The average Bonchev–Trinajstić information content (AvgIpc) is 3.45. The van der Waals surface area contributed by atoms with Crippen molar-refractivity contribution in [1.29, 1.82) is 0 Å². The number of nitrogens with one attached hydrogen (secondary N) is 1. The van der Waals surface area contributed by atoms with E-state index in [2.05, 4.69) is 35.8 Å². The minimum Gasteiger partial charge on any atom is -0.504 e. The molecular weight excluding hydrogens is 444 g/mol. The van der Waals surface area contributed by atoms with Gasteiger partial charge in [-0.15, -0.1) is 5.10 Å². The first-order valence-electron chi connectivity index (χ1n) is 9.99. The van der Waals surface area contributed by atoms with Crippen molar-refractivity contribution in [2.75, 3.05) is 19.5 Å². The first-order chi connectivity index (χ1) is 16.5. The molecule has 0 atom stereocenters. The summed E-state index contributed by atoms with van der Waals surface area (Å²) in [6.45, 7) is 2.32. The van der Waals surface area contributed by atoms with Gasteiger partial charge in [0.2, 0.25) is 11.6 Å². The minimum atomic E-state index is -0.646. The number of benzene rings is 2. The minimum absolute atomic E-state index is 0.0311. The van der Waals surface area contributed by atoms with Gasteiger partial charge in [0, 0.05) is 5.56 Å². The van der Waals surface area contributed by atoms with Crippen LogP contribution >= 0.6 is 0 Å². The van der Waals surface area contributed by atoms with E-state index in [1.165, 1.54) is 24.1 Å². The SMILES string of the molecule is CCOc1cccc(-c2c(C(=O)N/N=C/c3ccc(OC)c(O)c3)nnn2-c2nonc2N)c1. The number of ether oxygens (including phenoxy) is 2. The highest BCUT2D eigenvalue weighted by atomic mass is 16.6. The monoisotopic (exact) mass is 464 g/mol. The third-order valence-electron chi connectivity index (χ3n) is 4.58. The zero-order valence-corrected chi connectivity index (χ0v) is 18.2. The summed E-state index contributed by atoms with van der Waals surface area (Å²) in [6, 6.07) is 11.7. The molecule has 4 rings (SSSR count). The van der Waals surface area contributed by atoms with Crippen LogP contribution in [0.15, 0.2) is 52.2 Å². The van der Waals surface area contributed by atoms with Crippen LogP contribution in [-0.2, 0) is 0 Å². The Bertz CT molecular complexity index is 1350. The number of aromatic nitrogens is 5. The Labute approximate surface area is 192 Å². The number of carbonyl (C=O) groups is 1. The van der Waals surface area contributed by atoms with Gasteiger partial charge in [0.25, 0.3) is 5.91 Å². The zero-order valence-electron chi connectivity index (χ0n) is 18.2. The standard InChI is InChI=1S/C21H20N8O5/c1-3-33-14-6-4-5-13(10-14)18-17(24-28-29(18)20-19(22)26-34-27-20)21(31)25-23-11-12-7-8-16(32-2)15(30)9-12/h4-11,30H,3H2,1-2H3,(H2,22,26)(H,25,31)/b23-11+. The Kier molecular flexibility index (Phi) is 6.34. The number of nitrogen functional groups attached to an aromatic ring is 1. The number of nitrogens with zero attached hydrogens (tertiary/aromatic N) is 6. The molecule has 2 aromatic heterocycles. The molecule has 0 aliphatic carbocycles. The number of amides is 1. The number of carbonyl (C=O) groups excluding carboxylic acids is 1. The Balaban J connectivity index is 1.67. The second kappa shape index (κ2) is 9.68. The highest BCUT2D eigenvalue weighted by Crippen LogP contribution is 2.29. The number of phenols is 1. The molecule has 0 unspecified atom stereocenters. The number of nitrogens with two attached hydrogens (primary N) is 1. The van der Waals surface area contributed by atoms with Crippen LogP contribution < -0.4 is 20.6 Å². The molecule has 2 heterocycles. The van der Waals surface area contributed by atoms with E-state index < -0.39 is 5.91 Å². The molecule has 4 N–H and O–H groups in total. The summed E-state index contributed by atoms with van der Waals surface area (Å²) in [5, 5.41) is 29.1. The largest absolute Gasteiger partial charge is 0.504 e. The van der Waals surface area contributed by atoms with Gasteiger partial charge in [0.15, 0.2) is 17.2 Å². The van der Waals surface area contributed by atoms with Crippen molar-refractivity contribution in [1.82, 2.24) is 30.7 Å². The molecule has 0 aliphatic heterocycles. The topological polar surface area (TPSA) is 176 Å². The molecule has 174 valence electrons. The highest BCUT2D eigenvalue weighted by molar-refractivity contribution is 5.99. The van der Waals surface area contributed by atoms with Gasteiger partial charge in [-0.3, -0.25) is 4.79 Å². The maximum absolute atomic E-state index is 12.9. The van der Waals surface area contributed by atoms with E-state index in [9.17, 15) is 9.90 Å². The predicted molar refractivity (Wildman–Crippen MR) is 120 cm³/mol. The van der Waals surface area contributed by atoms with Crippen LogP contribution in [0, 0.1) is 0 Å². The van der Waals surface area contributed by atoms with Crippen LogP contribution in [-0.4, -0.2) is 56.3 Å². The number of aromatic hydroxyl groups is 1. The first-order valence-corrected chi connectivity index (χ1v) is 9.99. The Hall–Kier alpha value is -4.94. The summed E-state index contributed by atoms with van der Waals surface area (Å²) >= 11 is 0. The van der Waals surface area contributed by atoms with E-state index in [4.69, 9.17) is 15.2 Å². The smallest absolute Gasteiger partial charge is 0.294 e. The van der Waals surface area contributed by atoms with Gasteiger partial charge in [0.05, 0.1) is 19.9 Å². The molecular formula is C21H20N8O5. The summed E-state index contributed by atoms with van der Waals surface area (Å²) in [4.78, 5) is 12.9. The summed E-state index contributed by atoms with van der Waals surface area (Å²) in [7, 11) is 1.45. The van der Waals surface area contributed by atoms with Crippen LogP contribution in [0.2, 0.25) is 0 Å². The van der Waals surface area contributed by atoms with Gasteiger partial charge in [0.1, 0.15) is 11.4 Å². The van der Waals surface area contributed by atoms with Crippen molar-refractivity contribution < 1.29 is 24.0 Å². The van der Waals surface area contributed by atoms with E-state index >= 15 is 0 Å². The third-order valence-corrected chi connectivity index (χ3v) is 4.58. The molecule has 34 heavy (non-hydrogen) atoms. The fourth-order valence-corrected chi connectivity index (χ4v) is 3.09. The van der Waals surface area contributed by atoms with Crippen molar-refractivity contribution in [2.24, 2.45) is 5.10 Å². The Morgan fingerprint density at radius 1 is 1.29 bits per heavy atom. The number of phenolic OH excluding ortho intramolecular Hbond substituents is 1. The lowest BCUT2D eigenvalue weighted by atomic mass is 10.1. The van der Waals surface area contributed by atoms with Crippen LogP contribution in [0.3, 0.4) is 0 Å².